The molecule has 1 atom stereocenters. The molecule has 0 unspecified atom stereocenters. The Labute approximate surface area is 142 Å². The Kier molecular flexibility index (Phi) is 6.99. The fourth-order valence-electron chi connectivity index (χ4n) is 3.12. The molecule has 2 N–H and O–H groups in total. The van der Waals surface area contributed by atoms with Crippen molar-refractivity contribution in [2.45, 2.75) is 38.6 Å². The van der Waals surface area contributed by atoms with Crippen LogP contribution < -0.4 is 10.1 Å². The van der Waals surface area contributed by atoms with E-state index in [0.717, 1.165) is 42.6 Å². The molecular formula is C17H27BrN2O2. The number of hydrogen-bond acceptors (Lipinski definition) is 4. The average Bonchev–Trinajstić information content (AvgIpc) is 2.54. The van der Waals surface area contributed by atoms with Crippen LogP contribution in [0.2, 0.25) is 0 Å². The fraction of sp³-hybridized carbons (Fsp3) is 0.647. The van der Waals surface area contributed by atoms with Gasteiger partial charge in [-0.25, -0.2) is 0 Å². The summed E-state index contributed by atoms with van der Waals surface area (Å²) in [6.45, 7) is 6.28. The van der Waals surface area contributed by atoms with Gasteiger partial charge in [-0.1, -0.05) is 42.1 Å². The van der Waals surface area contributed by atoms with E-state index in [-0.39, 0.29) is 11.8 Å². The van der Waals surface area contributed by atoms with Gasteiger partial charge in [-0.2, -0.15) is 0 Å². The van der Waals surface area contributed by atoms with Crippen LogP contribution in [0.3, 0.4) is 0 Å². The van der Waals surface area contributed by atoms with Crippen molar-refractivity contribution in [2.75, 3.05) is 33.3 Å². The predicted octanol–water partition coefficient (Wildman–Crippen LogP) is 3.69. The smallest absolute Gasteiger partial charge is 0.162 e. The SMILES string of the molecule is CCCCC[C@H](c1cc(Br)cc(OC)c1O)N1CCNCC1. The molecule has 5 heteroatoms. The molecule has 0 spiro atoms. The van der Waals surface area contributed by atoms with Crippen molar-refractivity contribution < 1.29 is 9.84 Å². The minimum absolute atomic E-state index is 0.250. The molecule has 0 saturated carbocycles. The number of phenols is 1. The fourth-order valence-corrected chi connectivity index (χ4v) is 3.57. The topological polar surface area (TPSA) is 44.7 Å². The first-order chi connectivity index (χ1) is 10.7. The summed E-state index contributed by atoms with van der Waals surface area (Å²) in [5.74, 6) is 0.825. The summed E-state index contributed by atoms with van der Waals surface area (Å²) in [5, 5.41) is 14.0. The molecule has 0 aliphatic carbocycles. The minimum atomic E-state index is 0.250. The average molecular weight is 371 g/mol. The first kappa shape index (κ1) is 17.6. The summed E-state index contributed by atoms with van der Waals surface area (Å²) in [5.41, 5.74) is 0.976. The first-order valence-electron chi connectivity index (χ1n) is 8.18. The Bertz CT molecular complexity index is 476. The molecule has 1 saturated heterocycles. The molecule has 4 nitrogen and oxygen atoms in total. The standard InChI is InChI=1S/C17H27BrN2O2/c1-3-4-5-6-15(20-9-7-19-8-10-20)14-11-13(18)12-16(22-2)17(14)21/h11-12,15,19,21H,3-10H2,1-2H3/t15-/m1/s1. The Balaban J connectivity index is 2.28. The Hall–Kier alpha value is -0.780. The molecule has 1 aromatic rings. The molecule has 0 aromatic heterocycles. The van der Waals surface area contributed by atoms with E-state index in [9.17, 15) is 5.11 Å². The number of ether oxygens (including phenoxy) is 1. The second kappa shape index (κ2) is 8.75. The van der Waals surface area contributed by atoms with Crippen LogP contribution in [-0.2, 0) is 0 Å². The maximum Gasteiger partial charge on any atom is 0.162 e. The first-order valence-corrected chi connectivity index (χ1v) is 8.97. The van der Waals surface area contributed by atoms with E-state index in [1.54, 1.807) is 7.11 Å². The zero-order chi connectivity index (χ0) is 15.9. The number of halogens is 1. The van der Waals surface area contributed by atoms with Crippen molar-refractivity contribution >= 4 is 15.9 Å². The van der Waals surface area contributed by atoms with Crippen LogP contribution in [0.25, 0.3) is 0 Å². The monoisotopic (exact) mass is 370 g/mol. The summed E-state index contributed by atoms with van der Waals surface area (Å²) in [4.78, 5) is 2.48. The normalized spacial score (nSPS) is 17.4. The van der Waals surface area contributed by atoms with Gasteiger partial charge in [-0.05, 0) is 18.6 Å². The molecule has 0 bridgehead atoms. The number of nitrogens with one attached hydrogen (secondary N) is 1. The third-order valence-electron chi connectivity index (χ3n) is 4.32. The maximum atomic E-state index is 10.6. The van der Waals surface area contributed by atoms with Gasteiger partial charge >= 0.3 is 0 Å². The van der Waals surface area contributed by atoms with Gasteiger partial charge in [0.1, 0.15) is 0 Å². The molecular weight excluding hydrogens is 344 g/mol. The second-order valence-electron chi connectivity index (χ2n) is 5.84. The highest BCUT2D eigenvalue weighted by Crippen LogP contribution is 2.40. The number of piperazine rings is 1. The number of methoxy groups -OCH3 is 1. The lowest BCUT2D eigenvalue weighted by atomic mass is 9.97. The number of aromatic hydroxyl groups is 1. The number of rotatable bonds is 7. The summed E-state index contributed by atoms with van der Waals surface area (Å²) in [7, 11) is 1.60. The predicted molar refractivity (Wildman–Crippen MR) is 93.7 cm³/mol. The summed E-state index contributed by atoms with van der Waals surface area (Å²) >= 11 is 3.54. The number of nitrogens with zero attached hydrogens (tertiary/aromatic N) is 1. The highest BCUT2D eigenvalue weighted by atomic mass is 79.9. The molecule has 2 rings (SSSR count). The molecule has 1 aliphatic rings. The van der Waals surface area contributed by atoms with E-state index in [1.165, 1.54) is 19.3 Å². The Morgan fingerprint density at radius 3 is 2.68 bits per heavy atom. The van der Waals surface area contributed by atoms with Crippen LogP contribution >= 0.6 is 15.9 Å². The largest absolute Gasteiger partial charge is 0.504 e. The highest BCUT2D eigenvalue weighted by Gasteiger charge is 2.26. The number of unbranched alkanes of at least 4 members (excludes halogenated alkanes) is 2. The minimum Gasteiger partial charge on any atom is -0.504 e. The number of hydrogen-bond donors (Lipinski definition) is 2. The lowest BCUT2D eigenvalue weighted by molar-refractivity contribution is 0.159. The lowest BCUT2D eigenvalue weighted by Crippen LogP contribution is -2.45. The Morgan fingerprint density at radius 1 is 1.32 bits per heavy atom. The number of benzene rings is 1. The molecule has 0 radical (unpaired) electrons. The van der Waals surface area contributed by atoms with Crippen molar-refractivity contribution in [3.05, 3.63) is 22.2 Å². The molecule has 1 fully saturated rings. The van der Waals surface area contributed by atoms with Gasteiger partial charge in [-0.15, -0.1) is 0 Å². The second-order valence-corrected chi connectivity index (χ2v) is 6.76. The van der Waals surface area contributed by atoms with Crippen molar-refractivity contribution in [3.8, 4) is 11.5 Å². The van der Waals surface area contributed by atoms with E-state index in [0.29, 0.717) is 5.75 Å². The van der Waals surface area contributed by atoms with Crippen LogP contribution in [0.5, 0.6) is 11.5 Å². The van der Waals surface area contributed by atoms with Crippen LogP contribution in [0.4, 0.5) is 0 Å². The highest BCUT2D eigenvalue weighted by molar-refractivity contribution is 9.10. The van der Waals surface area contributed by atoms with Gasteiger partial charge in [0, 0.05) is 42.3 Å². The zero-order valence-corrected chi connectivity index (χ0v) is 15.2. The zero-order valence-electron chi connectivity index (χ0n) is 13.6. The number of phenolic OH excluding ortho intramolecular Hbond substituents is 1. The van der Waals surface area contributed by atoms with Crippen molar-refractivity contribution in [1.29, 1.82) is 0 Å². The molecule has 124 valence electrons. The van der Waals surface area contributed by atoms with Gasteiger partial charge < -0.3 is 15.2 Å². The van der Waals surface area contributed by atoms with Crippen LogP contribution in [0, 0.1) is 0 Å². The molecule has 1 aliphatic heterocycles. The van der Waals surface area contributed by atoms with Crippen LogP contribution in [-0.4, -0.2) is 43.3 Å². The maximum absolute atomic E-state index is 10.6. The third kappa shape index (κ3) is 4.37. The van der Waals surface area contributed by atoms with Gasteiger partial charge in [-0.3, -0.25) is 4.90 Å². The lowest BCUT2D eigenvalue weighted by Gasteiger charge is -2.36. The van der Waals surface area contributed by atoms with E-state index in [4.69, 9.17) is 4.74 Å². The van der Waals surface area contributed by atoms with Gasteiger partial charge in [0.05, 0.1) is 7.11 Å². The molecule has 22 heavy (non-hydrogen) atoms. The molecule has 1 heterocycles. The summed E-state index contributed by atoms with van der Waals surface area (Å²) < 4.78 is 6.27. The molecule has 0 amide bonds. The van der Waals surface area contributed by atoms with Crippen molar-refractivity contribution in [2.24, 2.45) is 0 Å². The van der Waals surface area contributed by atoms with E-state index in [2.05, 4.69) is 33.1 Å². The summed E-state index contributed by atoms with van der Waals surface area (Å²) in [6, 6.07) is 4.11. The Morgan fingerprint density at radius 2 is 2.05 bits per heavy atom. The van der Waals surface area contributed by atoms with Gasteiger partial charge in [0.15, 0.2) is 11.5 Å². The molecule has 1 aromatic carbocycles. The van der Waals surface area contributed by atoms with E-state index >= 15 is 0 Å². The quantitative estimate of drug-likeness (QED) is 0.718. The van der Waals surface area contributed by atoms with E-state index < -0.39 is 0 Å². The van der Waals surface area contributed by atoms with Crippen molar-refractivity contribution in [1.82, 2.24) is 10.2 Å². The van der Waals surface area contributed by atoms with Crippen LogP contribution in [0.1, 0.15) is 44.2 Å². The van der Waals surface area contributed by atoms with Gasteiger partial charge in [0.2, 0.25) is 0 Å². The van der Waals surface area contributed by atoms with E-state index in [1.807, 2.05) is 12.1 Å². The van der Waals surface area contributed by atoms with Crippen molar-refractivity contribution in [3.63, 3.8) is 0 Å². The summed E-state index contributed by atoms with van der Waals surface area (Å²) in [6.07, 6.45) is 4.69. The van der Waals surface area contributed by atoms with Crippen LogP contribution in [0.15, 0.2) is 16.6 Å². The third-order valence-corrected chi connectivity index (χ3v) is 4.78. The van der Waals surface area contributed by atoms with Gasteiger partial charge in [0.25, 0.3) is 0 Å².